The molecule has 8 nitrogen and oxygen atoms in total. The van der Waals surface area contributed by atoms with Crippen molar-refractivity contribution < 1.29 is 19.0 Å². The summed E-state index contributed by atoms with van der Waals surface area (Å²) in [6.07, 6.45) is 3.47. The Hall–Kier alpha value is -2.00. The highest BCUT2D eigenvalue weighted by Gasteiger charge is 2.24. The van der Waals surface area contributed by atoms with Gasteiger partial charge in [-0.2, -0.15) is 0 Å². The lowest BCUT2D eigenvalue weighted by molar-refractivity contribution is -0.124. The smallest absolute Gasteiger partial charge is 0.240 e. The number of nitrogens with one attached hydrogen (secondary N) is 1. The fourth-order valence-electron chi connectivity index (χ4n) is 2.45. The number of ether oxygens (including phenoxy) is 3. The van der Waals surface area contributed by atoms with Crippen molar-refractivity contribution in [1.29, 1.82) is 0 Å². The molecule has 1 amide bonds. The van der Waals surface area contributed by atoms with Crippen molar-refractivity contribution in [3.05, 3.63) is 42.0 Å². The van der Waals surface area contributed by atoms with Crippen LogP contribution in [0.15, 0.2) is 30.6 Å². The Morgan fingerprint density at radius 2 is 1.78 bits per heavy atom. The van der Waals surface area contributed by atoms with Crippen molar-refractivity contribution in [1.82, 2.24) is 14.9 Å². The maximum Gasteiger partial charge on any atom is 0.240 e. The van der Waals surface area contributed by atoms with Crippen LogP contribution in [0.1, 0.15) is 17.4 Å². The van der Waals surface area contributed by atoms with E-state index in [9.17, 15) is 4.79 Å². The summed E-state index contributed by atoms with van der Waals surface area (Å²) >= 11 is 0. The largest absolute Gasteiger partial charge is 0.497 e. The average molecular weight is 421 g/mol. The molecule has 1 heterocycles. The lowest BCUT2D eigenvalue weighted by Crippen LogP contribution is -2.45. The van der Waals surface area contributed by atoms with Crippen molar-refractivity contribution in [2.24, 2.45) is 12.8 Å². The lowest BCUT2D eigenvalue weighted by atomic mass is 10.0. The number of aryl methyl sites for hydroxylation is 1. The maximum absolute atomic E-state index is 12.4. The molecular formula is C17H26Cl2N4O4. The molecular weight excluding hydrogens is 395 g/mol. The van der Waals surface area contributed by atoms with Crippen molar-refractivity contribution in [2.45, 2.75) is 12.1 Å². The van der Waals surface area contributed by atoms with E-state index < -0.39 is 12.1 Å². The molecule has 27 heavy (non-hydrogen) atoms. The van der Waals surface area contributed by atoms with Crippen LogP contribution in [-0.4, -0.2) is 49.4 Å². The van der Waals surface area contributed by atoms with Crippen LogP contribution in [0.5, 0.6) is 11.5 Å². The van der Waals surface area contributed by atoms with E-state index in [4.69, 9.17) is 19.9 Å². The second-order valence-electron chi connectivity index (χ2n) is 5.55. The molecule has 0 spiro atoms. The summed E-state index contributed by atoms with van der Waals surface area (Å²) in [4.78, 5) is 16.8. The van der Waals surface area contributed by atoms with Crippen LogP contribution in [0.4, 0.5) is 0 Å². The van der Waals surface area contributed by atoms with Gasteiger partial charge in [-0.3, -0.25) is 4.79 Å². The minimum Gasteiger partial charge on any atom is -0.497 e. The zero-order valence-corrected chi connectivity index (χ0v) is 17.3. The van der Waals surface area contributed by atoms with Crippen LogP contribution in [0, 0.1) is 0 Å². The number of methoxy groups -OCH3 is 3. The summed E-state index contributed by atoms with van der Waals surface area (Å²) in [6, 6.07) is 4.12. The van der Waals surface area contributed by atoms with Gasteiger partial charge in [0.05, 0.1) is 20.8 Å². The van der Waals surface area contributed by atoms with Crippen LogP contribution in [0.2, 0.25) is 0 Å². The Morgan fingerprint density at radius 3 is 2.22 bits per heavy atom. The van der Waals surface area contributed by atoms with E-state index in [-0.39, 0.29) is 37.3 Å². The fourth-order valence-corrected chi connectivity index (χ4v) is 2.45. The van der Waals surface area contributed by atoms with Gasteiger partial charge in [-0.1, -0.05) is 0 Å². The van der Waals surface area contributed by atoms with Crippen LogP contribution >= 0.6 is 24.8 Å². The number of halogens is 2. The van der Waals surface area contributed by atoms with Gasteiger partial charge in [-0.05, 0) is 17.7 Å². The highest BCUT2D eigenvalue weighted by atomic mass is 35.5. The van der Waals surface area contributed by atoms with Gasteiger partial charge in [0.25, 0.3) is 0 Å². The van der Waals surface area contributed by atoms with Crippen LogP contribution in [0.3, 0.4) is 0 Å². The number of carbonyl (C=O) groups excluding carboxylic acids is 1. The number of carbonyl (C=O) groups is 1. The molecule has 0 aliphatic rings. The molecule has 2 aromatic rings. The molecule has 0 aliphatic carbocycles. The summed E-state index contributed by atoms with van der Waals surface area (Å²) in [7, 11) is 6.49. The summed E-state index contributed by atoms with van der Waals surface area (Å²) in [5, 5.41) is 2.93. The molecule has 0 saturated carbocycles. The fraction of sp³-hybridized carbons (Fsp3) is 0.412. The molecule has 2 unspecified atom stereocenters. The van der Waals surface area contributed by atoms with Gasteiger partial charge in [-0.25, -0.2) is 4.98 Å². The molecule has 0 fully saturated rings. The normalized spacial score (nSPS) is 12.2. The molecule has 1 aromatic carbocycles. The third kappa shape index (κ3) is 6.28. The maximum atomic E-state index is 12.4. The highest BCUT2D eigenvalue weighted by Crippen LogP contribution is 2.29. The van der Waals surface area contributed by atoms with Gasteiger partial charge in [0.1, 0.15) is 29.4 Å². The number of nitrogens with zero attached hydrogens (tertiary/aromatic N) is 2. The lowest BCUT2D eigenvalue weighted by Gasteiger charge is -2.22. The molecule has 2 rings (SSSR count). The molecule has 2 atom stereocenters. The van der Waals surface area contributed by atoms with Crippen LogP contribution < -0.4 is 20.5 Å². The van der Waals surface area contributed by atoms with E-state index in [2.05, 4.69) is 10.3 Å². The SMILES string of the molecule is COCC(N)C(=O)NC(c1cc(OC)cc(OC)c1)c1nccn1C.Cl.Cl. The molecule has 1 aromatic heterocycles. The van der Waals surface area contributed by atoms with Gasteiger partial charge in [0.15, 0.2) is 0 Å². The van der Waals surface area contributed by atoms with E-state index >= 15 is 0 Å². The summed E-state index contributed by atoms with van der Waals surface area (Å²) in [5.74, 6) is 1.55. The second-order valence-corrected chi connectivity index (χ2v) is 5.55. The third-order valence-electron chi connectivity index (χ3n) is 3.79. The molecule has 0 radical (unpaired) electrons. The van der Waals surface area contributed by atoms with Gasteiger partial charge >= 0.3 is 0 Å². The topological polar surface area (TPSA) is 101 Å². The number of rotatable bonds is 8. The monoisotopic (exact) mass is 420 g/mol. The number of nitrogens with two attached hydrogens (primary N) is 1. The Balaban J connectivity index is 0.00000338. The zero-order valence-electron chi connectivity index (χ0n) is 15.7. The predicted molar refractivity (Wildman–Crippen MR) is 107 cm³/mol. The Morgan fingerprint density at radius 1 is 1.19 bits per heavy atom. The number of imidazole rings is 1. The molecule has 0 bridgehead atoms. The van der Waals surface area contributed by atoms with E-state index in [0.29, 0.717) is 17.3 Å². The molecule has 3 N–H and O–H groups in total. The van der Waals surface area contributed by atoms with Crippen molar-refractivity contribution in [3.63, 3.8) is 0 Å². The minimum absolute atomic E-state index is 0. The first-order valence-electron chi connectivity index (χ1n) is 7.75. The van der Waals surface area contributed by atoms with Gasteiger partial charge < -0.3 is 29.8 Å². The number of benzene rings is 1. The molecule has 10 heteroatoms. The number of hydrogen-bond donors (Lipinski definition) is 2. The highest BCUT2D eigenvalue weighted by molar-refractivity contribution is 5.85. The van der Waals surface area contributed by atoms with E-state index in [1.54, 1.807) is 32.7 Å². The van der Waals surface area contributed by atoms with E-state index in [1.807, 2.05) is 23.7 Å². The first kappa shape index (κ1) is 25.0. The minimum atomic E-state index is -0.778. The standard InChI is InChI=1S/C17H24N4O4.2ClH/c1-21-6-5-19-16(21)15(20-17(22)14(18)10-23-2)11-7-12(24-3)9-13(8-11)25-4;;/h5-9,14-15H,10,18H2,1-4H3,(H,20,22);2*1H. The molecule has 0 aliphatic heterocycles. The summed E-state index contributed by atoms with van der Waals surface area (Å²) in [5.41, 5.74) is 6.61. The van der Waals surface area contributed by atoms with Crippen molar-refractivity contribution >= 4 is 30.7 Å². The number of hydrogen-bond acceptors (Lipinski definition) is 6. The predicted octanol–water partition coefficient (Wildman–Crippen LogP) is 1.46. The zero-order chi connectivity index (χ0) is 18.4. The van der Waals surface area contributed by atoms with Crippen molar-refractivity contribution in [2.75, 3.05) is 27.9 Å². The van der Waals surface area contributed by atoms with E-state index in [1.165, 1.54) is 7.11 Å². The van der Waals surface area contributed by atoms with Gasteiger partial charge in [0.2, 0.25) is 5.91 Å². The third-order valence-corrected chi connectivity index (χ3v) is 3.79. The number of amides is 1. The Kier molecular flexibility index (Phi) is 10.8. The number of aromatic nitrogens is 2. The van der Waals surface area contributed by atoms with Crippen LogP contribution in [-0.2, 0) is 16.6 Å². The summed E-state index contributed by atoms with van der Waals surface area (Å²) < 4.78 is 17.4. The van der Waals surface area contributed by atoms with Gasteiger partial charge in [0, 0.05) is 32.6 Å². The van der Waals surface area contributed by atoms with Gasteiger partial charge in [-0.15, -0.1) is 24.8 Å². The average Bonchev–Trinajstić information content (AvgIpc) is 3.04. The molecule has 0 saturated heterocycles. The Labute approximate surface area is 171 Å². The molecule has 152 valence electrons. The van der Waals surface area contributed by atoms with Crippen molar-refractivity contribution in [3.8, 4) is 11.5 Å². The quantitative estimate of drug-likeness (QED) is 0.670. The first-order valence-corrected chi connectivity index (χ1v) is 7.75. The summed E-state index contributed by atoms with van der Waals surface area (Å²) in [6.45, 7) is 0.126. The Bertz CT molecular complexity index is 704. The van der Waals surface area contributed by atoms with Crippen LogP contribution in [0.25, 0.3) is 0 Å². The first-order chi connectivity index (χ1) is 12.0. The van der Waals surface area contributed by atoms with E-state index in [0.717, 1.165) is 5.56 Å². The second kappa shape index (κ2) is 11.7.